The van der Waals surface area contributed by atoms with Crippen molar-refractivity contribution in [1.29, 1.82) is 0 Å². The molecule has 0 saturated heterocycles. The molecule has 5 heteroatoms. The van der Waals surface area contributed by atoms with Crippen LogP contribution in [0.5, 0.6) is 0 Å². The number of nitrogens with zero attached hydrogens (tertiary/aromatic N) is 1. The number of nitrogens with two attached hydrogens (primary N) is 1. The second kappa shape index (κ2) is 5.31. The third kappa shape index (κ3) is 3.55. The summed E-state index contributed by atoms with van der Waals surface area (Å²) in [5.41, 5.74) is 6.38. The molecule has 4 N–H and O–H groups in total. The van der Waals surface area contributed by atoms with E-state index in [0.29, 0.717) is 12.8 Å². The maximum absolute atomic E-state index is 10.5. The van der Waals surface area contributed by atoms with Crippen molar-refractivity contribution in [2.24, 2.45) is 5.73 Å². The fraction of sp³-hybridized carbons (Fsp3) is 0.400. The lowest BCUT2D eigenvalue weighted by Gasteiger charge is -2.06. The highest BCUT2D eigenvalue weighted by molar-refractivity contribution is 5.73. The first kappa shape index (κ1) is 11.5. The Morgan fingerprint density at radius 1 is 1.67 bits per heavy atom. The van der Waals surface area contributed by atoms with Crippen LogP contribution in [0, 0.1) is 0 Å². The van der Waals surface area contributed by atoms with E-state index in [-0.39, 0.29) is 0 Å². The van der Waals surface area contributed by atoms with Crippen LogP contribution in [-0.4, -0.2) is 29.1 Å². The Bertz CT molecular complexity index is 324. The quantitative estimate of drug-likeness (QED) is 0.656. The number of carbonyl (C=O) groups is 1. The van der Waals surface area contributed by atoms with Crippen molar-refractivity contribution in [3.63, 3.8) is 0 Å². The standard InChI is InChI=1S/C10H15N3O2/c1-12-9-5-3-7(6-13-9)2-4-8(11)10(14)15/h3,5-6,8H,2,4,11H2,1H3,(H,12,13)(H,14,15)/t8-/m0/s1. The number of anilines is 1. The van der Waals surface area contributed by atoms with Gasteiger partial charge in [-0.2, -0.15) is 0 Å². The fourth-order valence-corrected chi connectivity index (χ4v) is 1.17. The van der Waals surface area contributed by atoms with Crippen molar-refractivity contribution in [2.75, 3.05) is 12.4 Å². The van der Waals surface area contributed by atoms with E-state index < -0.39 is 12.0 Å². The molecule has 1 atom stereocenters. The molecule has 1 aromatic heterocycles. The smallest absolute Gasteiger partial charge is 0.320 e. The van der Waals surface area contributed by atoms with Gasteiger partial charge in [0, 0.05) is 13.2 Å². The molecular weight excluding hydrogens is 194 g/mol. The Morgan fingerprint density at radius 2 is 2.40 bits per heavy atom. The maximum Gasteiger partial charge on any atom is 0.320 e. The highest BCUT2D eigenvalue weighted by Crippen LogP contribution is 2.07. The number of pyridine rings is 1. The Morgan fingerprint density at radius 3 is 2.87 bits per heavy atom. The first-order chi connectivity index (χ1) is 7.13. The van der Waals surface area contributed by atoms with Gasteiger partial charge in [0.2, 0.25) is 0 Å². The average Bonchev–Trinajstić information content (AvgIpc) is 2.26. The molecule has 82 valence electrons. The van der Waals surface area contributed by atoms with Gasteiger partial charge in [0.15, 0.2) is 0 Å². The van der Waals surface area contributed by atoms with Crippen molar-refractivity contribution >= 4 is 11.8 Å². The number of carboxylic acid groups (broad SMARTS) is 1. The van der Waals surface area contributed by atoms with E-state index in [1.54, 1.807) is 13.2 Å². The predicted octanol–water partition coefficient (Wildman–Crippen LogP) is 0.468. The molecule has 0 aliphatic carbocycles. The molecule has 15 heavy (non-hydrogen) atoms. The lowest BCUT2D eigenvalue weighted by atomic mass is 10.1. The second-order valence-electron chi connectivity index (χ2n) is 3.29. The SMILES string of the molecule is CNc1ccc(CC[C@H](N)C(=O)O)cn1. The summed E-state index contributed by atoms with van der Waals surface area (Å²) in [6, 6.07) is 2.96. The first-order valence-corrected chi connectivity index (χ1v) is 4.74. The average molecular weight is 209 g/mol. The van der Waals surface area contributed by atoms with Crippen LogP contribution in [0.2, 0.25) is 0 Å². The molecule has 0 unspecified atom stereocenters. The molecule has 1 aromatic rings. The minimum atomic E-state index is -0.963. The molecule has 0 bridgehead atoms. The van der Waals surface area contributed by atoms with Crippen molar-refractivity contribution < 1.29 is 9.90 Å². The highest BCUT2D eigenvalue weighted by atomic mass is 16.4. The minimum absolute atomic E-state index is 0.427. The van der Waals surface area contributed by atoms with Crippen LogP contribution in [-0.2, 0) is 11.2 Å². The Kier molecular flexibility index (Phi) is 4.05. The number of hydrogen-bond acceptors (Lipinski definition) is 4. The summed E-state index contributed by atoms with van der Waals surface area (Å²) in [5, 5.41) is 11.5. The van der Waals surface area contributed by atoms with Crippen LogP contribution in [0.3, 0.4) is 0 Å². The Hall–Kier alpha value is -1.62. The topological polar surface area (TPSA) is 88.2 Å². The molecule has 0 fully saturated rings. The Labute approximate surface area is 88.3 Å². The maximum atomic E-state index is 10.5. The first-order valence-electron chi connectivity index (χ1n) is 4.74. The fourth-order valence-electron chi connectivity index (χ4n) is 1.17. The zero-order chi connectivity index (χ0) is 11.3. The third-order valence-electron chi connectivity index (χ3n) is 2.14. The van der Waals surface area contributed by atoms with Crippen LogP contribution < -0.4 is 11.1 Å². The molecular formula is C10H15N3O2. The van der Waals surface area contributed by atoms with Gasteiger partial charge >= 0.3 is 5.97 Å². The lowest BCUT2D eigenvalue weighted by Crippen LogP contribution is -2.30. The van der Waals surface area contributed by atoms with Crippen LogP contribution in [0.1, 0.15) is 12.0 Å². The van der Waals surface area contributed by atoms with Crippen LogP contribution >= 0.6 is 0 Å². The van der Waals surface area contributed by atoms with Gasteiger partial charge in [-0.3, -0.25) is 4.79 Å². The number of rotatable bonds is 5. The van der Waals surface area contributed by atoms with Gasteiger partial charge in [-0.25, -0.2) is 4.98 Å². The number of aliphatic carboxylic acids is 1. The molecule has 0 spiro atoms. The highest BCUT2D eigenvalue weighted by Gasteiger charge is 2.10. The van der Waals surface area contributed by atoms with E-state index in [1.165, 1.54) is 0 Å². The van der Waals surface area contributed by atoms with E-state index in [9.17, 15) is 4.79 Å². The minimum Gasteiger partial charge on any atom is -0.480 e. The van der Waals surface area contributed by atoms with E-state index >= 15 is 0 Å². The second-order valence-corrected chi connectivity index (χ2v) is 3.29. The molecule has 0 amide bonds. The summed E-state index contributed by atoms with van der Waals surface area (Å²) in [4.78, 5) is 14.6. The van der Waals surface area contributed by atoms with Crippen molar-refractivity contribution in [1.82, 2.24) is 4.98 Å². The van der Waals surface area contributed by atoms with E-state index in [2.05, 4.69) is 10.3 Å². The largest absolute Gasteiger partial charge is 0.480 e. The van der Waals surface area contributed by atoms with E-state index in [4.69, 9.17) is 10.8 Å². The summed E-state index contributed by atoms with van der Waals surface area (Å²) in [7, 11) is 1.79. The van der Waals surface area contributed by atoms with Gasteiger partial charge in [-0.15, -0.1) is 0 Å². The summed E-state index contributed by atoms with van der Waals surface area (Å²) < 4.78 is 0. The van der Waals surface area contributed by atoms with Gasteiger partial charge in [0.05, 0.1) is 0 Å². The van der Waals surface area contributed by atoms with E-state index in [1.807, 2.05) is 12.1 Å². The third-order valence-corrected chi connectivity index (χ3v) is 2.14. The van der Waals surface area contributed by atoms with Gasteiger partial charge < -0.3 is 16.2 Å². The molecule has 0 aliphatic rings. The van der Waals surface area contributed by atoms with Crippen molar-refractivity contribution in [2.45, 2.75) is 18.9 Å². The number of hydrogen-bond donors (Lipinski definition) is 3. The molecule has 1 heterocycles. The summed E-state index contributed by atoms with van der Waals surface area (Å²) in [5.74, 6) is -0.170. The van der Waals surface area contributed by atoms with Crippen LogP contribution in [0.4, 0.5) is 5.82 Å². The molecule has 0 saturated carbocycles. The molecule has 0 aliphatic heterocycles. The lowest BCUT2D eigenvalue weighted by molar-refractivity contribution is -0.138. The molecule has 0 aromatic carbocycles. The normalized spacial score (nSPS) is 12.1. The molecule has 1 rings (SSSR count). The van der Waals surface area contributed by atoms with Crippen molar-refractivity contribution in [3.05, 3.63) is 23.9 Å². The predicted molar refractivity (Wildman–Crippen MR) is 57.7 cm³/mol. The van der Waals surface area contributed by atoms with Gasteiger partial charge in [0.1, 0.15) is 11.9 Å². The van der Waals surface area contributed by atoms with Gasteiger partial charge in [-0.05, 0) is 24.5 Å². The van der Waals surface area contributed by atoms with Crippen LogP contribution in [0.25, 0.3) is 0 Å². The van der Waals surface area contributed by atoms with Crippen LogP contribution in [0.15, 0.2) is 18.3 Å². The van der Waals surface area contributed by atoms with Gasteiger partial charge in [-0.1, -0.05) is 6.07 Å². The number of nitrogens with one attached hydrogen (secondary N) is 1. The molecule has 5 nitrogen and oxygen atoms in total. The molecule has 0 radical (unpaired) electrons. The number of carboxylic acids is 1. The summed E-state index contributed by atoms with van der Waals surface area (Å²) in [6.07, 6.45) is 2.78. The summed E-state index contributed by atoms with van der Waals surface area (Å²) >= 11 is 0. The monoisotopic (exact) mass is 209 g/mol. The summed E-state index contributed by atoms with van der Waals surface area (Å²) in [6.45, 7) is 0. The number of aromatic nitrogens is 1. The van der Waals surface area contributed by atoms with Gasteiger partial charge in [0.25, 0.3) is 0 Å². The van der Waals surface area contributed by atoms with Crippen molar-refractivity contribution in [3.8, 4) is 0 Å². The zero-order valence-corrected chi connectivity index (χ0v) is 8.60. The Balaban J connectivity index is 2.47. The number of aryl methyl sites for hydroxylation is 1. The van der Waals surface area contributed by atoms with E-state index in [0.717, 1.165) is 11.4 Å². The zero-order valence-electron chi connectivity index (χ0n) is 8.60.